The van der Waals surface area contributed by atoms with Crippen molar-refractivity contribution >= 4 is 9.84 Å². The molecule has 1 aliphatic rings. The second-order valence-electron chi connectivity index (χ2n) is 4.26. The summed E-state index contributed by atoms with van der Waals surface area (Å²) in [5.74, 6) is 0.640. The number of hydrogen-bond donors (Lipinski definition) is 1. The van der Waals surface area contributed by atoms with Crippen molar-refractivity contribution in [2.24, 2.45) is 0 Å². The number of benzene rings is 1. The SMILES string of the molecule is CCN[C@H]1CS(=O)(=O)C[C@H]1c1ccccc1. The quantitative estimate of drug-likeness (QED) is 0.861. The van der Waals surface area contributed by atoms with E-state index in [-0.39, 0.29) is 23.5 Å². The van der Waals surface area contributed by atoms with Gasteiger partial charge in [0.2, 0.25) is 0 Å². The average Bonchev–Trinajstić information content (AvgIpc) is 2.56. The molecule has 0 radical (unpaired) electrons. The van der Waals surface area contributed by atoms with E-state index in [2.05, 4.69) is 5.32 Å². The van der Waals surface area contributed by atoms with Crippen LogP contribution in [0.5, 0.6) is 0 Å². The molecule has 0 unspecified atom stereocenters. The molecule has 0 aliphatic carbocycles. The van der Waals surface area contributed by atoms with Gasteiger partial charge in [0, 0.05) is 12.0 Å². The lowest BCUT2D eigenvalue weighted by Crippen LogP contribution is -2.34. The van der Waals surface area contributed by atoms with Crippen molar-refractivity contribution in [1.29, 1.82) is 0 Å². The summed E-state index contributed by atoms with van der Waals surface area (Å²) in [6, 6.07) is 9.96. The third kappa shape index (κ3) is 2.44. The molecule has 0 bridgehead atoms. The van der Waals surface area contributed by atoms with Gasteiger partial charge in [0.15, 0.2) is 9.84 Å². The number of rotatable bonds is 3. The van der Waals surface area contributed by atoms with E-state index in [1.807, 2.05) is 37.3 Å². The topological polar surface area (TPSA) is 46.2 Å². The van der Waals surface area contributed by atoms with E-state index in [1.165, 1.54) is 0 Å². The number of nitrogens with one attached hydrogen (secondary N) is 1. The molecule has 4 heteroatoms. The molecule has 2 atom stereocenters. The van der Waals surface area contributed by atoms with E-state index in [4.69, 9.17) is 0 Å². The third-order valence-electron chi connectivity index (χ3n) is 3.05. The van der Waals surface area contributed by atoms with Crippen LogP contribution >= 0.6 is 0 Å². The predicted molar refractivity (Wildman–Crippen MR) is 65.3 cm³/mol. The van der Waals surface area contributed by atoms with Crippen LogP contribution in [0.1, 0.15) is 18.4 Å². The summed E-state index contributed by atoms with van der Waals surface area (Å²) in [7, 11) is -2.88. The first-order valence-corrected chi connectivity index (χ1v) is 7.43. The van der Waals surface area contributed by atoms with Crippen molar-refractivity contribution in [3.63, 3.8) is 0 Å². The standard InChI is InChI=1S/C12H17NO2S/c1-2-13-12-9-16(14,15)8-11(12)10-6-4-3-5-7-10/h3-7,11-13H,2,8-9H2,1H3/t11-,12-/m0/s1. The van der Waals surface area contributed by atoms with Gasteiger partial charge in [0.1, 0.15) is 0 Å². The maximum Gasteiger partial charge on any atom is 0.152 e. The Morgan fingerprint density at radius 2 is 1.94 bits per heavy atom. The third-order valence-corrected chi connectivity index (χ3v) is 4.78. The Balaban J connectivity index is 2.26. The molecule has 0 aromatic heterocycles. The van der Waals surface area contributed by atoms with Gasteiger partial charge in [-0.15, -0.1) is 0 Å². The Bertz CT molecular complexity index is 441. The molecule has 0 spiro atoms. The molecule has 16 heavy (non-hydrogen) atoms. The minimum atomic E-state index is -2.88. The zero-order valence-corrected chi connectivity index (χ0v) is 10.2. The maximum atomic E-state index is 11.7. The van der Waals surface area contributed by atoms with Crippen molar-refractivity contribution in [2.45, 2.75) is 18.9 Å². The molecule has 1 aliphatic heterocycles. The Hall–Kier alpha value is -0.870. The van der Waals surface area contributed by atoms with Crippen LogP contribution in [0.3, 0.4) is 0 Å². The van der Waals surface area contributed by atoms with Gasteiger partial charge in [-0.1, -0.05) is 37.3 Å². The highest BCUT2D eigenvalue weighted by Crippen LogP contribution is 2.29. The van der Waals surface area contributed by atoms with Crippen LogP contribution in [0.15, 0.2) is 30.3 Å². The summed E-state index contributed by atoms with van der Waals surface area (Å²) < 4.78 is 23.3. The van der Waals surface area contributed by atoms with Gasteiger partial charge < -0.3 is 5.32 Å². The monoisotopic (exact) mass is 239 g/mol. The maximum absolute atomic E-state index is 11.7. The molecule has 2 rings (SSSR count). The van der Waals surface area contributed by atoms with E-state index in [0.717, 1.165) is 12.1 Å². The largest absolute Gasteiger partial charge is 0.313 e. The summed E-state index contributed by atoms with van der Waals surface area (Å²) in [5.41, 5.74) is 1.12. The van der Waals surface area contributed by atoms with Crippen molar-refractivity contribution in [2.75, 3.05) is 18.1 Å². The predicted octanol–water partition coefficient (Wildman–Crippen LogP) is 1.18. The van der Waals surface area contributed by atoms with E-state index < -0.39 is 9.84 Å². The Labute approximate surface area is 96.8 Å². The highest BCUT2D eigenvalue weighted by atomic mass is 32.2. The van der Waals surface area contributed by atoms with Crippen molar-refractivity contribution in [1.82, 2.24) is 5.32 Å². The number of likely N-dealkylation sites (N-methyl/N-ethyl adjacent to an activating group) is 1. The first kappa shape index (κ1) is 11.6. The molecule has 1 heterocycles. The van der Waals surface area contributed by atoms with E-state index in [0.29, 0.717) is 0 Å². The fourth-order valence-corrected chi connectivity index (χ4v) is 4.34. The number of hydrogen-bond acceptors (Lipinski definition) is 3. The van der Waals surface area contributed by atoms with E-state index in [1.54, 1.807) is 0 Å². The van der Waals surface area contributed by atoms with Gasteiger partial charge >= 0.3 is 0 Å². The lowest BCUT2D eigenvalue weighted by atomic mass is 9.94. The van der Waals surface area contributed by atoms with Crippen molar-refractivity contribution in [3.8, 4) is 0 Å². The summed E-state index contributed by atoms with van der Waals surface area (Å²) in [6.07, 6.45) is 0. The molecule has 1 N–H and O–H groups in total. The first-order valence-electron chi connectivity index (χ1n) is 5.61. The van der Waals surface area contributed by atoms with Crippen LogP contribution in [0.2, 0.25) is 0 Å². The summed E-state index contributed by atoms with van der Waals surface area (Å²) in [4.78, 5) is 0. The minimum absolute atomic E-state index is 0.0670. The molecular formula is C12H17NO2S. The average molecular weight is 239 g/mol. The molecule has 0 amide bonds. The second kappa shape index (κ2) is 4.55. The van der Waals surface area contributed by atoms with Crippen LogP contribution in [0.25, 0.3) is 0 Å². The van der Waals surface area contributed by atoms with Crippen LogP contribution in [-0.2, 0) is 9.84 Å². The smallest absolute Gasteiger partial charge is 0.152 e. The Morgan fingerprint density at radius 3 is 2.56 bits per heavy atom. The fraction of sp³-hybridized carbons (Fsp3) is 0.500. The van der Waals surface area contributed by atoms with E-state index >= 15 is 0 Å². The van der Waals surface area contributed by atoms with Gasteiger partial charge in [-0.3, -0.25) is 0 Å². The highest BCUT2D eigenvalue weighted by Gasteiger charge is 2.37. The van der Waals surface area contributed by atoms with Crippen LogP contribution < -0.4 is 5.32 Å². The second-order valence-corrected chi connectivity index (χ2v) is 6.41. The molecular weight excluding hydrogens is 222 g/mol. The van der Waals surface area contributed by atoms with Gasteiger partial charge in [0.25, 0.3) is 0 Å². The summed E-state index contributed by atoms with van der Waals surface area (Å²) in [6.45, 7) is 2.82. The van der Waals surface area contributed by atoms with Crippen LogP contribution in [0, 0.1) is 0 Å². The summed E-state index contributed by atoms with van der Waals surface area (Å²) >= 11 is 0. The van der Waals surface area contributed by atoms with Crippen LogP contribution in [0.4, 0.5) is 0 Å². The molecule has 1 saturated heterocycles. The molecule has 1 aromatic carbocycles. The lowest BCUT2D eigenvalue weighted by Gasteiger charge is -2.18. The van der Waals surface area contributed by atoms with Gasteiger partial charge in [-0.05, 0) is 12.1 Å². The van der Waals surface area contributed by atoms with Crippen molar-refractivity contribution < 1.29 is 8.42 Å². The molecule has 88 valence electrons. The lowest BCUT2D eigenvalue weighted by molar-refractivity contribution is 0.522. The first-order chi connectivity index (χ1) is 7.62. The van der Waals surface area contributed by atoms with Gasteiger partial charge in [-0.25, -0.2) is 8.42 Å². The summed E-state index contributed by atoms with van der Waals surface area (Å²) in [5, 5.41) is 3.27. The molecule has 0 saturated carbocycles. The highest BCUT2D eigenvalue weighted by molar-refractivity contribution is 7.91. The number of sulfone groups is 1. The normalized spacial score (nSPS) is 28.1. The molecule has 3 nitrogen and oxygen atoms in total. The zero-order valence-electron chi connectivity index (χ0n) is 9.39. The Morgan fingerprint density at radius 1 is 1.25 bits per heavy atom. The minimum Gasteiger partial charge on any atom is -0.313 e. The Kier molecular flexibility index (Phi) is 3.30. The van der Waals surface area contributed by atoms with Gasteiger partial charge in [-0.2, -0.15) is 0 Å². The zero-order chi connectivity index (χ0) is 11.6. The van der Waals surface area contributed by atoms with E-state index in [9.17, 15) is 8.42 Å². The molecule has 1 fully saturated rings. The van der Waals surface area contributed by atoms with Gasteiger partial charge in [0.05, 0.1) is 11.5 Å². The van der Waals surface area contributed by atoms with Crippen molar-refractivity contribution in [3.05, 3.63) is 35.9 Å². The fourth-order valence-electron chi connectivity index (χ4n) is 2.34. The van der Waals surface area contributed by atoms with Crippen LogP contribution in [-0.4, -0.2) is 32.5 Å². The molecule has 1 aromatic rings.